The van der Waals surface area contributed by atoms with Gasteiger partial charge in [-0.1, -0.05) is 0 Å². The fourth-order valence-corrected chi connectivity index (χ4v) is 2.02. The largest absolute Gasteiger partial charge is 0.497 e. The zero-order valence-electron chi connectivity index (χ0n) is 9.19. The molecule has 1 aromatic carbocycles. The average molecular weight is 207 g/mol. The molecule has 1 fully saturated rings. The monoisotopic (exact) mass is 207 g/mol. The lowest BCUT2D eigenvalue weighted by atomic mass is 10.1. The zero-order chi connectivity index (χ0) is 10.8. The van der Waals surface area contributed by atoms with E-state index >= 15 is 0 Å². The summed E-state index contributed by atoms with van der Waals surface area (Å²) in [5, 5.41) is 0. The van der Waals surface area contributed by atoms with Crippen LogP contribution in [0.4, 0.5) is 0 Å². The maximum atomic E-state index is 5.65. The molecule has 1 aromatic rings. The summed E-state index contributed by atoms with van der Waals surface area (Å²) in [6, 6.07) is 5.93. The molecule has 0 spiro atoms. The topological polar surface area (TPSA) is 44.5 Å². The summed E-state index contributed by atoms with van der Waals surface area (Å²) in [4.78, 5) is 0. The van der Waals surface area contributed by atoms with Crippen LogP contribution in [0.2, 0.25) is 0 Å². The SMILES string of the molecule is COc1ccc(OC)c([C@@H]2C[C@@H]2CN)c1. The van der Waals surface area contributed by atoms with Gasteiger partial charge in [0.15, 0.2) is 0 Å². The summed E-state index contributed by atoms with van der Waals surface area (Å²) in [5.74, 6) is 3.00. The number of methoxy groups -OCH3 is 2. The standard InChI is InChI=1S/C12H17NO2/c1-14-9-3-4-12(15-2)11(6-9)10-5-8(10)7-13/h3-4,6,8,10H,5,7,13H2,1-2H3/t8-,10-/m1/s1. The van der Waals surface area contributed by atoms with Gasteiger partial charge in [-0.25, -0.2) is 0 Å². The number of nitrogens with two attached hydrogens (primary N) is 1. The molecule has 0 unspecified atom stereocenters. The highest BCUT2D eigenvalue weighted by atomic mass is 16.5. The average Bonchev–Trinajstić information content (AvgIpc) is 3.07. The molecule has 15 heavy (non-hydrogen) atoms. The summed E-state index contributed by atoms with van der Waals surface area (Å²) in [5.41, 5.74) is 6.88. The van der Waals surface area contributed by atoms with Gasteiger partial charge in [0.2, 0.25) is 0 Å². The van der Waals surface area contributed by atoms with Crippen molar-refractivity contribution in [3.05, 3.63) is 23.8 Å². The Labute approximate surface area is 90.2 Å². The van der Waals surface area contributed by atoms with E-state index in [1.54, 1.807) is 14.2 Å². The van der Waals surface area contributed by atoms with Gasteiger partial charge in [-0.2, -0.15) is 0 Å². The minimum atomic E-state index is 0.556. The van der Waals surface area contributed by atoms with Gasteiger partial charge in [0.1, 0.15) is 11.5 Å². The zero-order valence-corrected chi connectivity index (χ0v) is 9.19. The van der Waals surface area contributed by atoms with Crippen molar-refractivity contribution < 1.29 is 9.47 Å². The van der Waals surface area contributed by atoms with Crippen LogP contribution in [0.1, 0.15) is 17.9 Å². The van der Waals surface area contributed by atoms with E-state index in [0.717, 1.165) is 18.0 Å². The lowest BCUT2D eigenvalue weighted by Gasteiger charge is -2.09. The van der Waals surface area contributed by atoms with Crippen LogP contribution in [0.3, 0.4) is 0 Å². The molecular weight excluding hydrogens is 190 g/mol. The quantitative estimate of drug-likeness (QED) is 0.818. The Hall–Kier alpha value is -1.22. The third kappa shape index (κ3) is 1.92. The number of rotatable bonds is 4. The Morgan fingerprint density at radius 1 is 1.33 bits per heavy atom. The van der Waals surface area contributed by atoms with Crippen LogP contribution in [0.5, 0.6) is 11.5 Å². The van der Waals surface area contributed by atoms with Crippen LogP contribution in [-0.2, 0) is 0 Å². The van der Waals surface area contributed by atoms with E-state index in [1.165, 1.54) is 12.0 Å². The van der Waals surface area contributed by atoms with E-state index in [0.29, 0.717) is 11.8 Å². The Balaban J connectivity index is 2.27. The van der Waals surface area contributed by atoms with Crippen molar-refractivity contribution in [3.8, 4) is 11.5 Å². The molecule has 0 aromatic heterocycles. The molecule has 0 bridgehead atoms. The van der Waals surface area contributed by atoms with Gasteiger partial charge in [-0.3, -0.25) is 0 Å². The second-order valence-electron chi connectivity index (χ2n) is 3.95. The van der Waals surface area contributed by atoms with Gasteiger partial charge in [0.05, 0.1) is 14.2 Å². The summed E-state index contributed by atoms with van der Waals surface area (Å²) in [6.07, 6.45) is 1.17. The maximum Gasteiger partial charge on any atom is 0.122 e. The van der Waals surface area contributed by atoms with Crippen molar-refractivity contribution in [3.63, 3.8) is 0 Å². The molecule has 1 aliphatic carbocycles. The number of hydrogen-bond donors (Lipinski definition) is 1. The van der Waals surface area contributed by atoms with Crippen molar-refractivity contribution in [1.29, 1.82) is 0 Å². The van der Waals surface area contributed by atoms with Crippen molar-refractivity contribution in [2.24, 2.45) is 11.7 Å². The van der Waals surface area contributed by atoms with E-state index < -0.39 is 0 Å². The molecule has 2 atom stereocenters. The van der Waals surface area contributed by atoms with Gasteiger partial charge in [-0.15, -0.1) is 0 Å². The smallest absolute Gasteiger partial charge is 0.122 e. The highest BCUT2D eigenvalue weighted by Crippen LogP contribution is 2.50. The molecule has 0 aliphatic heterocycles. The second-order valence-corrected chi connectivity index (χ2v) is 3.95. The molecule has 0 radical (unpaired) electrons. The summed E-state index contributed by atoms with van der Waals surface area (Å²) in [7, 11) is 3.38. The molecule has 2 N–H and O–H groups in total. The first-order valence-electron chi connectivity index (χ1n) is 5.22. The Kier molecular flexibility index (Phi) is 2.82. The van der Waals surface area contributed by atoms with E-state index in [-0.39, 0.29) is 0 Å². The van der Waals surface area contributed by atoms with Crippen LogP contribution in [-0.4, -0.2) is 20.8 Å². The fraction of sp³-hybridized carbons (Fsp3) is 0.500. The van der Waals surface area contributed by atoms with Crippen LogP contribution >= 0.6 is 0 Å². The van der Waals surface area contributed by atoms with E-state index in [1.807, 2.05) is 12.1 Å². The van der Waals surface area contributed by atoms with Gasteiger partial charge in [-0.05, 0) is 43.0 Å². The van der Waals surface area contributed by atoms with Gasteiger partial charge in [0, 0.05) is 5.56 Å². The summed E-state index contributed by atoms with van der Waals surface area (Å²) >= 11 is 0. The molecule has 0 saturated heterocycles. The molecular formula is C12H17NO2. The number of ether oxygens (including phenoxy) is 2. The highest BCUT2D eigenvalue weighted by molar-refractivity contribution is 5.45. The van der Waals surface area contributed by atoms with Crippen LogP contribution < -0.4 is 15.2 Å². The Morgan fingerprint density at radius 3 is 2.67 bits per heavy atom. The maximum absolute atomic E-state index is 5.65. The first-order valence-corrected chi connectivity index (χ1v) is 5.22. The van der Waals surface area contributed by atoms with E-state index in [2.05, 4.69) is 6.07 Å². The van der Waals surface area contributed by atoms with Gasteiger partial charge < -0.3 is 15.2 Å². The molecule has 0 heterocycles. The van der Waals surface area contributed by atoms with Gasteiger partial charge >= 0.3 is 0 Å². The predicted molar refractivity (Wildman–Crippen MR) is 59.4 cm³/mol. The summed E-state index contributed by atoms with van der Waals surface area (Å²) < 4.78 is 10.6. The molecule has 1 saturated carbocycles. The normalized spacial score (nSPS) is 23.7. The minimum Gasteiger partial charge on any atom is -0.497 e. The molecule has 3 nitrogen and oxygen atoms in total. The van der Waals surface area contributed by atoms with Crippen LogP contribution in [0.25, 0.3) is 0 Å². The summed E-state index contributed by atoms with van der Waals surface area (Å²) in [6.45, 7) is 0.755. The fourth-order valence-electron chi connectivity index (χ4n) is 2.02. The molecule has 1 aliphatic rings. The minimum absolute atomic E-state index is 0.556. The Bertz CT molecular complexity index is 351. The van der Waals surface area contributed by atoms with Crippen molar-refractivity contribution in [2.75, 3.05) is 20.8 Å². The lowest BCUT2D eigenvalue weighted by Crippen LogP contribution is -2.02. The van der Waals surface area contributed by atoms with Crippen molar-refractivity contribution in [1.82, 2.24) is 0 Å². The van der Waals surface area contributed by atoms with Crippen molar-refractivity contribution >= 4 is 0 Å². The molecule has 2 rings (SSSR count). The first kappa shape index (κ1) is 10.3. The molecule has 82 valence electrons. The van der Waals surface area contributed by atoms with Crippen LogP contribution in [0.15, 0.2) is 18.2 Å². The number of benzene rings is 1. The highest BCUT2D eigenvalue weighted by Gasteiger charge is 2.38. The first-order chi connectivity index (χ1) is 7.30. The Morgan fingerprint density at radius 2 is 2.13 bits per heavy atom. The lowest BCUT2D eigenvalue weighted by molar-refractivity contribution is 0.398. The third-order valence-corrected chi connectivity index (χ3v) is 3.06. The van der Waals surface area contributed by atoms with E-state index in [9.17, 15) is 0 Å². The van der Waals surface area contributed by atoms with Crippen molar-refractivity contribution in [2.45, 2.75) is 12.3 Å². The third-order valence-electron chi connectivity index (χ3n) is 3.06. The van der Waals surface area contributed by atoms with Gasteiger partial charge in [0.25, 0.3) is 0 Å². The molecule has 0 amide bonds. The predicted octanol–water partition coefficient (Wildman–Crippen LogP) is 1.77. The van der Waals surface area contributed by atoms with Crippen LogP contribution in [0, 0.1) is 5.92 Å². The second kappa shape index (κ2) is 4.11. The molecule has 3 heteroatoms. The number of hydrogen-bond acceptors (Lipinski definition) is 3. The van der Waals surface area contributed by atoms with E-state index in [4.69, 9.17) is 15.2 Å².